The molecule has 0 aliphatic carbocycles. The largest absolute Gasteiger partial charge is 0.444 e. The second-order valence-electron chi connectivity index (χ2n) is 5.93. The van der Waals surface area contributed by atoms with Crippen LogP contribution in [-0.2, 0) is 11.3 Å². The molecule has 0 bridgehead atoms. The number of rotatable bonds is 5. The van der Waals surface area contributed by atoms with Crippen LogP contribution in [0.4, 0.5) is 9.18 Å². The Balaban J connectivity index is 2.31. The van der Waals surface area contributed by atoms with Crippen molar-refractivity contribution in [3.8, 4) is 0 Å². The first kappa shape index (κ1) is 17.9. The molecular weight excluding hydrogens is 339 g/mol. The van der Waals surface area contributed by atoms with Gasteiger partial charge in [0.25, 0.3) is 0 Å². The van der Waals surface area contributed by atoms with E-state index in [1.54, 1.807) is 12.1 Å². The van der Waals surface area contributed by atoms with Crippen LogP contribution >= 0.6 is 15.9 Å². The number of ether oxygens (including phenoxy) is 1. The highest BCUT2D eigenvalue weighted by molar-refractivity contribution is 9.10. The minimum absolute atomic E-state index is 0.0660. The van der Waals surface area contributed by atoms with E-state index in [1.165, 1.54) is 6.07 Å². The Kier molecular flexibility index (Phi) is 6.61. The van der Waals surface area contributed by atoms with Crippen molar-refractivity contribution >= 4 is 22.0 Å². The Morgan fingerprint density at radius 1 is 1.43 bits per heavy atom. The van der Waals surface area contributed by atoms with E-state index < -0.39 is 11.7 Å². The first-order chi connectivity index (χ1) is 9.67. The third-order valence-electron chi connectivity index (χ3n) is 2.53. The lowest BCUT2D eigenvalue weighted by Crippen LogP contribution is -2.42. The van der Waals surface area contributed by atoms with E-state index in [0.29, 0.717) is 17.6 Å². The van der Waals surface area contributed by atoms with Crippen LogP contribution in [-0.4, -0.2) is 24.3 Å². The van der Waals surface area contributed by atoms with Crippen LogP contribution in [0.2, 0.25) is 0 Å². The Bertz CT molecular complexity index is 489. The third-order valence-corrected chi connectivity index (χ3v) is 3.13. The summed E-state index contributed by atoms with van der Waals surface area (Å²) in [6, 6.07) is 4.81. The smallest absolute Gasteiger partial charge is 0.407 e. The van der Waals surface area contributed by atoms with E-state index >= 15 is 0 Å². The van der Waals surface area contributed by atoms with Crippen molar-refractivity contribution in [3.63, 3.8) is 0 Å². The third kappa shape index (κ3) is 7.43. The quantitative estimate of drug-likeness (QED) is 0.843. The maximum atomic E-state index is 13.1. The summed E-state index contributed by atoms with van der Waals surface area (Å²) in [6.45, 7) is 8.54. The molecule has 0 saturated heterocycles. The van der Waals surface area contributed by atoms with Gasteiger partial charge < -0.3 is 15.4 Å². The van der Waals surface area contributed by atoms with Crippen molar-refractivity contribution in [2.24, 2.45) is 0 Å². The van der Waals surface area contributed by atoms with Gasteiger partial charge in [-0.2, -0.15) is 0 Å². The van der Waals surface area contributed by atoms with Gasteiger partial charge in [-0.3, -0.25) is 0 Å². The monoisotopic (exact) mass is 360 g/mol. The summed E-state index contributed by atoms with van der Waals surface area (Å²) in [5.41, 5.74) is 0.463. The standard InChI is InChI=1S/C15H22BrFN2O2/c1-10(19-14(20)21-15(2,3)4)8-18-9-11-5-6-13(17)12(16)7-11/h5-7,10,18H,8-9H2,1-4H3,(H,19,20). The van der Waals surface area contributed by atoms with E-state index in [0.717, 1.165) is 5.56 Å². The molecule has 0 aromatic heterocycles. The maximum Gasteiger partial charge on any atom is 0.407 e. The summed E-state index contributed by atoms with van der Waals surface area (Å²) in [6.07, 6.45) is -0.429. The molecular formula is C15H22BrFN2O2. The Labute approximate surface area is 133 Å². The summed E-state index contributed by atoms with van der Waals surface area (Å²) in [4.78, 5) is 11.6. The maximum absolute atomic E-state index is 13.1. The van der Waals surface area contributed by atoms with Crippen LogP contribution in [0.3, 0.4) is 0 Å². The molecule has 1 unspecified atom stereocenters. The molecule has 1 rings (SSSR count). The van der Waals surface area contributed by atoms with E-state index in [1.807, 2.05) is 27.7 Å². The number of hydrogen-bond acceptors (Lipinski definition) is 3. The molecule has 1 aromatic carbocycles. The number of carbonyl (C=O) groups is 1. The Hall–Kier alpha value is -1.14. The van der Waals surface area contributed by atoms with Crippen LogP contribution in [0, 0.1) is 5.82 Å². The molecule has 2 N–H and O–H groups in total. The van der Waals surface area contributed by atoms with Crippen molar-refractivity contribution in [2.45, 2.75) is 45.9 Å². The highest BCUT2D eigenvalue weighted by Gasteiger charge is 2.17. The number of benzene rings is 1. The lowest BCUT2D eigenvalue weighted by atomic mass is 10.2. The fourth-order valence-electron chi connectivity index (χ4n) is 1.64. The lowest BCUT2D eigenvalue weighted by molar-refractivity contribution is 0.0508. The topological polar surface area (TPSA) is 50.4 Å². The molecule has 4 nitrogen and oxygen atoms in total. The number of carbonyl (C=O) groups excluding carboxylic acids is 1. The van der Waals surface area contributed by atoms with Crippen molar-refractivity contribution in [1.82, 2.24) is 10.6 Å². The molecule has 0 heterocycles. The molecule has 0 radical (unpaired) electrons. The highest BCUT2D eigenvalue weighted by Crippen LogP contribution is 2.16. The van der Waals surface area contributed by atoms with E-state index in [2.05, 4.69) is 26.6 Å². The number of hydrogen-bond donors (Lipinski definition) is 2. The SMILES string of the molecule is CC(CNCc1ccc(F)c(Br)c1)NC(=O)OC(C)(C)C. The van der Waals surface area contributed by atoms with Crippen molar-refractivity contribution in [2.75, 3.05) is 6.54 Å². The predicted molar refractivity (Wildman–Crippen MR) is 84.6 cm³/mol. The van der Waals surface area contributed by atoms with Crippen molar-refractivity contribution < 1.29 is 13.9 Å². The van der Waals surface area contributed by atoms with Gasteiger partial charge in [0, 0.05) is 19.1 Å². The minimum atomic E-state index is -0.502. The average molecular weight is 361 g/mol. The molecule has 0 saturated carbocycles. The number of alkyl carbamates (subject to hydrolysis) is 1. The molecule has 1 amide bonds. The predicted octanol–water partition coefficient (Wildman–Crippen LogP) is 3.59. The van der Waals surface area contributed by atoms with Crippen LogP contribution in [0.5, 0.6) is 0 Å². The van der Waals surface area contributed by atoms with Crippen LogP contribution in [0.1, 0.15) is 33.3 Å². The van der Waals surface area contributed by atoms with Gasteiger partial charge in [-0.25, -0.2) is 9.18 Å². The van der Waals surface area contributed by atoms with Gasteiger partial charge in [0.05, 0.1) is 4.47 Å². The van der Waals surface area contributed by atoms with Crippen LogP contribution in [0.25, 0.3) is 0 Å². The fraction of sp³-hybridized carbons (Fsp3) is 0.533. The summed E-state index contributed by atoms with van der Waals surface area (Å²) in [5, 5.41) is 5.95. The van der Waals surface area contributed by atoms with Gasteiger partial charge in [-0.1, -0.05) is 6.07 Å². The van der Waals surface area contributed by atoms with Crippen molar-refractivity contribution in [1.29, 1.82) is 0 Å². The summed E-state index contributed by atoms with van der Waals surface area (Å²) >= 11 is 3.15. The molecule has 1 atom stereocenters. The van der Waals surface area contributed by atoms with Gasteiger partial charge in [0.1, 0.15) is 11.4 Å². The average Bonchev–Trinajstić information content (AvgIpc) is 2.31. The van der Waals surface area contributed by atoms with E-state index in [4.69, 9.17) is 4.74 Å². The summed E-state index contributed by atoms with van der Waals surface area (Å²) in [7, 11) is 0. The first-order valence-electron chi connectivity index (χ1n) is 6.81. The van der Waals surface area contributed by atoms with Gasteiger partial charge >= 0.3 is 6.09 Å². The Morgan fingerprint density at radius 2 is 2.10 bits per heavy atom. The van der Waals surface area contributed by atoms with Crippen LogP contribution in [0.15, 0.2) is 22.7 Å². The summed E-state index contributed by atoms with van der Waals surface area (Å²) in [5.74, 6) is -0.279. The zero-order valence-corrected chi connectivity index (χ0v) is 14.4. The van der Waals surface area contributed by atoms with E-state index in [9.17, 15) is 9.18 Å². The molecule has 0 aliphatic rings. The lowest BCUT2D eigenvalue weighted by Gasteiger charge is -2.22. The molecule has 0 fully saturated rings. The minimum Gasteiger partial charge on any atom is -0.444 e. The zero-order valence-electron chi connectivity index (χ0n) is 12.8. The van der Waals surface area contributed by atoms with Gasteiger partial charge in [-0.15, -0.1) is 0 Å². The van der Waals surface area contributed by atoms with Gasteiger partial charge in [-0.05, 0) is 61.3 Å². The molecule has 21 heavy (non-hydrogen) atoms. The number of halogens is 2. The molecule has 118 valence electrons. The van der Waals surface area contributed by atoms with Gasteiger partial charge in [0.15, 0.2) is 0 Å². The van der Waals surface area contributed by atoms with Crippen LogP contribution < -0.4 is 10.6 Å². The number of nitrogens with one attached hydrogen (secondary N) is 2. The van der Waals surface area contributed by atoms with Crippen molar-refractivity contribution in [3.05, 3.63) is 34.1 Å². The van der Waals surface area contributed by atoms with Gasteiger partial charge in [0.2, 0.25) is 0 Å². The number of amides is 1. The zero-order chi connectivity index (χ0) is 16.0. The second kappa shape index (κ2) is 7.75. The second-order valence-corrected chi connectivity index (χ2v) is 6.78. The fourth-order valence-corrected chi connectivity index (χ4v) is 2.07. The molecule has 0 aliphatic heterocycles. The first-order valence-corrected chi connectivity index (χ1v) is 7.61. The summed E-state index contributed by atoms with van der Waals surface area (Å²) < 4.78 is 18.7. The highest BCUT2D eigenvalue weighted by atomic mass is 79.9. The molecule has 1 aromatic rings. The normalized spacial score (nSPS) is 12.9. The van der Waals surface area contributed by atoms with E-state index in [-0.39, 0.29) is 11.9 Å². The molecule has 0 spiro atoms. The Morgan fingerprint density at radius 3 is 2.67 bits per heavy atom. The molecule has 6 heteroatoms.